The Labute approximate surface area is 216 Å². The minimum absolute atomic E-state index is 0.00328. The van der Waals surface area contributed by atoms with Crippen LogP contribution in [0.1, 0.15) is 28.6 Å². The second-order valence-electron chi connectivity index (χ2n) is 8.38. The second-order valence-corrected chi connectivity index (χ2v) is 8.38. The first-order valence-corrected chi connectivity index (χ1v) is 11.6. The first-order valence-electron chi connectivity index (χ1n) is 11.6. The summed E-state index contributed by atoms with van der Waals surface area (Å²) in [5, 5.41) is 31.1. The number of aliphatic carboxylic acids is 2. The number of nitrogens with zero attached hydrogens (tertiary/aromatic N) is 2. The van der Waals surface area contributed by atoms with Crippen LogP contribution in [-0.4, -0.2) is 94.1 Å². The number of aromatic nitrogens is 2. The van der Waals surface area contributed by atoms with E-state index in [9.17, 15) is 29.4 Å². The van der Waals surface area contributed by atoms with Gasteiger partial charge in [-0.05, 0) is 19.1 Å². The zero-order valence-electron chi connectivity index (χ0n) is 20.7. The molecule has 0 radical (unpaired) electrons. The van der Waals surface area contributed by atoms with Gasteiger partial charge in [-0.2, -0.15) is 4.98 Å². The number of rotatable bonds is 13. The average molecular weight is 536 g/mol. The molecular formula is C24H29N3O11. The number of aliphatic hydroxyl groups excluding tert-OH is 1. The first kappa shape index (κ1) is 28.9. The zero-order chi connectivity index (χ0) is 27.8. The number of carboxylic acids is 2. The molecule has 0 bridgehead atoms. The highest BCUT2D eigenvalue weighted by Gasteiger charge is 2.49. The van der Waals surface area contributed by atoms with Gasteiger partial charge in [0.2, 0.25) is 0 Å². The summed E-state index contributed by atoms with van der Waals surface area (Å²) in [5.41, 5.74) is -0.164. The lowest BCUT2D eigenvalue weighted by Gasteiger charge is -2.27. The Hall–Kier alpha value is -3.69. The van der Waals surface area contributed by atoms with Crippen molar-refractivity contribution in [2.75, 3.05) is 32.2 Å². The van der Waals surface area contributed by atoms with E-state index >= 15 is 0 Å². The molecule has 14 heteroatoms. The number of nitrogens with one attached hydrogen (secondary N) is 1. The summed E-state index contributed by atoms with van der Waals surface area (Å²) in [7, 11) is 1.44. The molecule has 4 N–H and O–H groups in total. The molecule has 1 aliphatic rings. The Bertz CT molecular complexity index is 1190. The summed E-state index contributed by atoms with van der Waals surface area (Å²) in [5.74, 6) is -3.45. The van der Waals surface area contributed by atoms with Crippen LogP contribution in [0.2, 0.25) is 0 Å². The van der Waals surface area contributed by atoms with Crippen molar-refractivity contribution >= 4 is 23.7 Å². The van der Waals surface area contributed by atoms with E-state index in [1.165, 1.54) is 13.3 Å². The molecule has 1 saturated heterocycles. The van der Waals surface area contributed by atoms with E-state index < -0.39 is 67.2 Å². The quantitative estimate of drug-likeness (QED) is 0.252. The molecule has 0 spiro atoms. The third kappa shape index (κ3) is 6.99. The fraction of sp³-hybridized carbons (Fsp3) is 0.458. The van der Waals surface area contributed by atoms with E-state index in [0.29, 0.717) is 11.1 Å². The number of anilines is 1. The number of benzene rings is 1. The topological polar surface area (TPSA) is 196 Å². The van der Waals surface area contributed by atoms with Gasteiger partial charge in [0.1, 0.15) is 24.1 Å². The van der Waals surface area contributed by atoms with Crippen LogP contribution in [0.25, 0.3) is 0 Å². The third-order valence-electron chi connectivity index (χ3n) is 5.70. The number of hydrogen-bond acceptors (Lipinski definition) is 10. The van der Waals surface area contributed by atoms with Gasteiger partial charge < -0.3 is 39.6 Å². The van der Waals surface area contributed by atoms with Crippen molar-refractivity contribution in [2.24, 2.45) is 0 Å². The molecule has 14 nitrogen and oxygen atoms in total. The maximum atomic E-state index is 13.0. The van der Waals surface area contributed by atoms with Crippen molar-refractivity contribution in [1.29, 1.82) is 0 Å². The van der Waals surface area contributed by atoms with Crippen LogP contribution in [0.15, 0.2) is 41.3 Å². The molecule has 2 heterocycles. The summed E-state index contributed by atoms with van der Waals surface area (Å²) in [6, 6.07) is 8.30. The van der Waals surface area contributed by atoms with Gasteiger partial charge in [-0.3, -0.25) is 14.2 Å². The molecule has 0 saturated carbocycles. The maximum absolute atomic E-state index is 13.0. The smallest absolute Gasteiger partial charge is 0.351 e. The molecule has 1 aliphatic heterocycles. The molecule has 5 atom stereocenters. The van der Waals surface area contributed by atoms with Crippen LogP contribution in [-0.2, 0) is 28.5 Å². The van der Waals surface area contributed by atoms with Crippen LogP contribution < -0.4 is 11.0 Å². The molecule has 38 heavy (non-hydrogen) atoms. The number of aryl methyl sites for hydroxylation is 1. The van der Waals surface area contributed by atoms with Crippen LogP contribution in [0.3, 0.4) is 0 Å². The molecule has 3 rings (SSSR count). The summed E-state index contributed by atoms with van der Waals surface area (Å²) in [6.45, 7) is 1.17. The summed E-state index contributed by atoms with van der Waals surface area (Å²) >= 11 is 0. The zero-order valence-corrected chi connectivity index (χ0v) is 20.7. The van der Waals surface area contributed by atoms with Crippen LogP contribution in [0, 0.1) is 6.92 Å². The summed E-state index contributed by atoms with van der Waals surface area (Å²) in [4.78, 5) is 52.4. The SMILES string of the molecule is COCCOC1C(OC(CC(=O)O)C(=O)O)[C@H](n2cc(C)c(NC(=O)c3ccccc3)nc2=O)O[C@@H]1CO. The average Bonchev–Trinajstić information content (AvgIpc) is 3.22. The van der Waals surface area contributed by atoms with Crippen LogP contribution in [0.5, 0.6) is 0 Å². The van der Waals surface area contributed by atoms with E-state index in [1.807, 2.05) is 0 Å². The minimum atomic E-state index is -1.80. The van der Waals surface area contributed by atoms with Crippen molar-refractivity contribution < 1.29 is 48.7 Å². The number of ether oxygens (including phenoxy) is 4. The lowest BCUT2D eigenvalue weighted by Crippen LogP contribution is -2.44. The predicted molar refractivity (Wildman–Crippen MR) is 129 cm³/mol. The van der Waals surface area contributed by atoms with Crippen molar-refractivity contribution in [3.8, 4) is 0 Å². The Balaban J connectivity index is 1.95. The van der Waals surface area contributed by atoms with Crippen LogP contribution in [0.4, 0.5) is 5.82 Å². The standard InChI is InChI=1S/C24H29N3O11/c1-13-11-27(24(34)26-20(13)25-21(31)14-6-4-3-5-7-14)22-19(37-15(23(32)33)10-17(29)30)18(16(12-28)38-22)36-9-8-35-2/h3-7,11,15-16,18-19,22,28H,8-10,12H2,1-2H3,(H,29,30)(H,32,33)(H,25,26,31,34)/t15?,16-,18?,19?,22-/m1/s1. The Kier molecular flexibility index (Phi) is 10.0. The molecular weight excluding hydrogens is 506 g/mol. The molecule has 0 aliphatic carbocycles. The van der Waals surface area contributed by atoms with Gasteiger partial charge in [0.15, 0.2) is 12.3 Å². The third-order valence-corrected chi connectivity index (χ3v) is 5.70. The molecule has 1 fully saturated rings. The van der Waals surface area contributed by atoms with Crippen molar-refractivity contribution in [3.63, 3.8) is 0 Å². The number of amides is 1. The molecule has 3 unspecified atom stereocenters. The number of carboxylic acid groups (broad SMARTS) is 2. The van der Waals surface area contributed by atoms with E-state index in [0.717, 1.165) is 4.57 Å². The van der Waals surface area contributed by atoms with Gasteiger partial charge in [-0.25, -0.2) is 9.59 Å². The molecule has 1 aromatic heterocycles. The highest BCUT2D eigenvalue weighted by atomic mass is 16.6. The van der Waals surface area contributed by atoms with Gasteiger partial charge in [0, 0.05) is 24.4 Å². The number of methoxy groups -OCH3 is 1. The fourth-order valence-corrected chi connectivity index (χ4v) is 3.88. The molecule has 2 aromatic rings. The van der Waals surface area contributed by atoms with Crippen LogP contribution >= 0.6 is 0 Å². The monoisotopic (exact) mass is 535 g/mol. The summed E-state index contributed by atoms with van der Waals surface area (Å²) < 4.78 is 23.2. The van der Waals surface area contributed by atoms with E-state index in [2.05, 4.69) is 10.3 Å². The Morgan fingerprint density at radius 2 is 1.87 bits per heavy atom. The summed E-state index contributed by atoms with van der Waals surface area (Å²) in [6.07, 6.45) is -6.14. The number of carbonyl (C=O) groups excluding carboxylic acids is 1. The van der Waals surface area contributed by atoms with E-state index in [-0.39, 0.29) is 19.0 Å². The predicted octanol–water partition coefficient (Wildman–Crippen LogP) is 0.0384. The number of carbonyl (C=O) groups is 3. The maximum Gasteiger partial charge on any atom is 0.351 e. The van der Waals surface area contributed by atoms with E-state index in [4.69, 9.17) is 24.1 Å². The Morgan fingerprint density at radius 1 is 1.16 bits per heavy atom. The highest BCUT2D eigenvalue weighted by molar-refractivity contribution is 6.04. The van der Waals surface area contributed by atoms with Crippen molar-refractivity contribution in [3.05, 3.63) is 58.1 Å². The van der Waals surface area contributed by atoms with E-state index in [1.54, 1.807) is 37.3 Å². The van der Waals surface area contributed by atoms with Gasteiger partial charge in [-0.1, -0.05) is 18.2 Å². The second kappa shape index (κ2) is 13.2. The minimum Gasteiger partial charge on any atom is -0.481 e. The van der Waals surface area contributed by atoms with Crippen molar-refractivity contribution in [2.45, 2.75) is 44.0 Å². The highest BCUT2D eigenvalue weighted by Crippen LogP contribution is 2.34. The molecule has 206 valence electrons. The first-order chi connectivity index (χ1) is 18.2. The number of hydrogen-bond donors (Lipinski definition) is 4. The van der Waals surface area contributed by atoms with Gasteiger partial charge in [0.05, 0.1) is 26.2 Å². The lowest BCUT2D eigenvalue weighted by atomic mass is 10.1. The molecule has 1 aromatic carbocycles. The van der Waals surface area contributed by atoms with Gasteiger partial charge >= 0.3 is 17.6 Å². The van der Waals surface area contributed by atoms with Crippen molar-refractivity contribution in [1.82, 2.24) is 9.55 Å². The van der Waals surface area contributed by atoms with Gasteiger partial charge in [0.25, 0.3) is 5.91 Å². The molecule has 1 amide bonds. The van der Waals surface area contributed by atoms with Gasteiger partial charge in [-0.15, -0.1) is 0 Å². The Morgan fingerprint density at radius 3 is 2.47 bits per heavy atom. The normalized spacial score (nSPS) is 21.7. The number of aliphatic hydroxyl groups is 1. The fourth-order valence-electron chi connectivity index (χ4n) is 3.88. The lowest BCUT2D eigenvalue weighted by molar-refractivity contribution is -0.171. The largest absolute Gasteiger partial charge is 0.481 e.